The second kappa shape index (κ2) is 24.3. The fourth-order valence-electron chi connectivity index (χ4n) is 7.26. The molecular weight excluding hydrogens is 802 g/mol. The van der Waals surface area contributed by atoms with E-state index in [1.807, 2.05) is 42.1 Å². The minimum Gasteiger partial charge on any atom is -0.497 e. The van der Waals surface area contributed by atoms with Crippen molar-refractivity contribution in [2.75, 3.05) is 33.7 Å². The van der Waals surface area contributed by atoms with Crippen molar-refractivity contribution in [2.45, 2.75) is 122 Å². The highest BCUT2D eigenvalue weighted by Gasteiger charge is 2.38. The molecule has 2 atom stereocenters. The van der Waals surface area contributed by atoms with Crippen molar-refractivity contribution in [1.29, 1.82) is 5.26 Å². The normalized spacial score (nSPS) is 14.1. The van der Waals surface area contributed by atoms with Crippen LogP contribution >= 0.6 is 20.3 Å². The van der Waals surface area contributed by atoms with Crippen molar-refractivity contribution in [3.8, 4) is 23.3 Å². The first-order valence-electron chi connectivity index (χ1n) is 20.8. The smallest absolute Gasteiger partial charge is 0.333 e. The van der Waals surface area contributed by atoms with Crippen LogP contribution in [0.4, 0.5) is 0 Å². The summed E-state index contributed by atoms with van der Waals surface area (Å²) in [5.41, 5.74) is 4.31. The van der Waals surface area contributed by atoms with Gasteiger partial charge in [0.15, 0.2) is 0 Å². The van der Waals surface area contributed by atoms with Crippen LogP contribution in [0, 0.1) is 11.3 Å². The van der Waals surface area contributed by atoms with Gasteiger partial charge in [0, 0.05) is 31.3 Å². The number of unbranched alkanes of at least 4 members (excludes halogenated alkanes) is 2. The fraction of sp³-hybridized carbons (Fsp3) is 0.522. The lowest BCUT2D eigenvalue weighted by atomic mass is 9.82. The monoisotopic (exact) mass is 863 g/mol. The number of carbonyl (C=O) groups excluding carboxylic acids is 3. The topological polar surface area (TPSA) is 137 Å². The Balaban J connectivity index is 1.59. The Kier molecular flexibility index (Phi) is 19.6. The molecule has 0 N–H and O–H groups in total. The number of rotatable bonds is 26. The molecule has 0 bridgehead atoms. The Morgan fingerprint density at radius 2 is 1.40 bits per heavy atom. The molecule has 4 rings (SSSR count). The molecule has 1 heterocycles. The molecule has 2 unspecified atom stereocenters. The van der Waals surface area contributed by atoms with Gasteiger partial charge in [-0.3, -0.25) is 9.59 Å². The molecule has 2 amide bonds. The predicted octanol–water partition coefficient (Wildman–Crippen LogP) is 9.91. The van der Waals surface area contributed by atoms with E-state index in [0.717, 1.165) is 70.9 Å². The first kappa shape index (κ1) is 48.5. The van der Waals surface area contributed by atoms with Crippen LogP contribution in [0.3, 0.4) is 0 Å². The number of hydroxylamine groups is 2. The number of imide groups is 1. The highest BCUT2D eigenvalue weighted by atomic mass is 32.2. The van der Waals surface area contributed by atoms with Crippen molar-refractivity contribution >= 4 is 38.1 Å². The number of aryl methyl sites for hydroxylation is 1. The van der Waals surface area contributed by atoms with Crippen molar-refractivity contribution in [1.82, 2.24) is 9.73 Å². The lowest BCUT2D eigenvalue weighted by Gasteiger charge is -2.37. The molecule has 60 heavy (non-hydrogen) atoms. The Morgan fingerprint density at radius 1 is 0.817 bits per heavy atom. The Hall–Kier alpha value is -4.18. The summed E-state index contributed by atoms with van der Waals surface area (Å²) in [5.74, 6) is 1.57. The summed E-state index contributed by atoms with van der Waals surface area (Å²) in [7, 11) is 3.66. The summed E-state index contributed by atoms with van der Waals surface area (Å²) < 4.78 is 31.5. The zero-order chi connectivity index (χ0) is 43.7. The van der Waals surface area contributed by atoms with Crippen molar-refractivity contribution in [3.05, 3.63) is 89.0 Å². The maximum atomic E-state index is 12.4. The Bertz CT molecular complexity index is 1800. The number of nitrogens with zero attached hydrogens (tertiary/aromatic N) is 3. The van der Waals surface area contributed by atoms with Gasteiger partial charge in [0.25, 0.3) is 20.3 Å². The van der Waals surface area contributed by atoms with Crippen LogP contribution in [-0.4, -0.2) is 79.4 Å². The summed E-state index contributed by atoms with van der Waals surface area (Å²) in [4.78, 5) is 41.2. The third kappa shape index (κ3) is 13.2. The van der Waals surface area contributed by atoms with E-state index in [1.165, 1.54) is 0 Å². The molecule has 3 aromatic carbocycles. The van der Waals surface area contributed by atoms with Gasteiger partial charge in [-0.15, -0.1) is 16.8 Å². The van der Waals surface area contributed by atoms with Crippen LogP contribution in [-0.2, 0) is 39.4 Å². The molecule has 1 aliphatic heterocycles. The average molecular weight is 864 g/mol. The van der Waals surface area contributed by atoms with E-state index in [9.17, 15) is 14.4 Å². The lowest BCUT2D eigenvalue weighted by molar-refractivity contribution is -0.197. The van der Waals surface area contributed by atoms with Gasteiger partial charge in [0.1, 0.15) is 17.2 Å². The van der Waals surface area contributed by atoms with E-state index in [1.54, 1.807) is 21.3 Å². The van der Waals surface area contributed by atoms with Crippen LogP contribution < -0.4 is 14.2 Å². The molecule has 326 valence electrons. The van der Waals surface area contributed by atoms with Crippen LogP contribution in [0.15, 0.2) is 66.7 Å². The molecule has 1 saturated heterocycles. The molecule has 1 aliphatic rings. The molecule has 0 spiro atoms. The van der Waals surface area contributed by atoms with E-state index >= 15 is 0 Å². The number of amides is 2. The number of methoxy groups -OCH3 is 3. The Labute approximate surface area is 362 Å². The fourth-order valence-corrected chi connectivity index (χ4v) is 10.5. The van der Waals surface area contributed by atoms with E-state index in [4.69, 9.17) is 33.4 Å². The molecule has 14 heteroatoms. The molecule has 3 aromatic rings. The summed E-state index contributed by atoms with van der Waals surface area (Å²) in [5, 5.41) is 9.76. The molecular formula is C46H62N3O9PS. The molecule has 12 nitrogen and oxygen atoms in total. The highest BCUT2D eigenvalue weighted by molar-refractivity contribution is 8.00. The molecule has 0 saturated carbocycles. The van der Waals surface area contributed by atoms with Gasteiger partial charge in [0.2, 0.25) is 0 Å². The maximum Gasteiger partial charge on any atom is 0.333 e. The van der Waals surface area contributed by atoms with Crippen LogP contribution in [0.2, 0.25) is 0 Å². The third-order valence-electron chi connectivity index (χ3n) is 10.2. The van der Waals surface area contributed by atoms with E-state index in [2.05, 4.69) is 81.8 Å². The van der Waals surface area contributed by atoms with Gasteiger partial charge in [-0.05, 0) is 125 Å². The van der Waals surface area contributed by atoms with Gasteiger partial charge in [-0.25, -0.2) is 9.46 Å². The third-order valence-corrected chi connectivity index (χ3v) is 14.1. The van der Waals surface area contributed by atoms with Crippen molar-refractivity contribution < 1.29 is 42.5 Å². The number of ether oxygens (including phenoxy) is 3. The number of thioether (sulfide) groups is 1. The van der Waals surface area contributed by atoms with Crippen molar-refractivity contribution in [3.63, 3.8) is 0 Å². The number of nitriles is 1. The first-order chi connectivity index (χ1) is 28.9. The second-order valence-electron chi connectivity index (χ2n) is 15.2. The number of hydrogen-bond acceptors (Lipinski definition) is 12. The molecule has 0 aromatic heterocycles. The van der Waals surface area contributed by atoms with Crippen LogP contribution in [0.1, 0.15) is 115 Å². The molecule has 0 radical (unpaired) electrons. The minimum atomic E-state index is -1.35. The highest BCUT2D eigenvalue weighted by Crippen LogP contribution is 2.51. The zero-order valence-electron chi connectivity index (χ0n) is 36.4. The van der Waals surface area contributed by atoms with E-state index < -0.39 is 31.1 Å². The van der Waals surface area contributed by atoms with E-state index in [0.29, 0.717) is 30.9 Å². The molecule has 1 fully saturated rings. The summed E-state index contributed by atoms with van der Waals surface area (Å²) in [6.45, 7) is 11.0. The first-order valence-corrected chi connectivity index (χ1v) is 22.9. The second-order valence-corrected chi connectivity index (χ2v) is 17.9. The lowest BCUT2D eigenvalue weighted by Crippen LogP contribution is -2.34. The van der Waals surface area contributed by atoms with Gasteiger partial charge < -0.3 is 28.1 Å². The number of carbonyl (C=O) groups is 3. The summed E-state index contributed by atoms with van der Waals surface area (Å²) in [6.07, 6.45) is 4.94. The Morgan fingerprint density at radius 3 is 1.93 bits per heavy atom. The van der Waals surface area contributed by atoms with Crippen LogP contribution in [0.5, 0.6) is 17.2 Å². The minimum absolute atomic E-state index is 0.0659. The maximum absolute atomic E-state index is 12.4. The predicted molar refractivity (Wildman–Crippen MR) is 236 cm³/mol. The quantitative estimate of drug-likeness (QED) is 0.0329. The SMILES string of the molecule is COc1ccc(C(SCCCC(C)OP(OCCC#N)N(C(C)C)C(C)C)(c2ccc(OC)cc2)c2ccc(OC)c(CCCCCC(=O)ON3C(=O)CCC3=O)c2)cc1. The number of benzene rings is 3. The summed E-state index contributed by atoms with van der Waals surface area (Å²) >= 11 is 1.87. The van der Waals surface area contributed by atoms with Gasteiger partial charge in [-0.2, -0.15) is 5.26 Å². The largest absolute Gasteiger partial charge is 0.497 e. The standard InChI is InChI=1S/C46H62N3O9PS/c1-33(2)49(34(3)4)59(56-30-13-29-47)58-35(5)14-12-31-60-46(37-17-22-40(53-6)23-18-37,38-19-24-41(54-7)25-20-38)39-21-26-42(55-8)36(32-39)15-10-9-11-16-45(52)57-48-43(50)27-28-44(48)51/h17-26,32-35H,9-16,27-28,30-31H2,1-8H3. The van der Waals surface area contributed by atoms with E-state index in [-0.39, 0.29) is 37.5 Å². The van der Waals surface area contributed by atoms with Crippen molar-refractivity contribution in [2.24, 2.45) is 0 Å². The van der Waals surface area contributed by atoms with Gasteiger partial charge in [0.05, 0.1) is 51.3 Å². The van der Waals surface area contributed by atoms with Gasteiger partial charge in [-0.1, -0.05) is 42.8 Å². The summed E-state index contributed by atoms with van der Waals surface area (Å²) in [6, 6.07) is 25.6. The molecule has 0 aliphatic carbocycles. The zero-order valence-corrected chi connectivity index (χ0v) is 38.2. The van der Waals surface area contributed by atoms with Gasteiger partial charge >= 0.3 is 5.97 Å². The number of hydrogen-bond donors (Lipinski definition) is 0. The average Bonchev–Trinajstić information content (AvgIpc) is 3.55. The van der Waals surface area contributed by atoms with Crippen LogP contribution in [0.25, 0.3) is 0 Å².